The highest BCUT2D eigenvalue weighted by Gasteiger charge is 2.38. The Morgan fingerprint density at radius 3 is 2.90 bits per heavy atom. The van der Waals surface area contributed by atoms with Crippen LogP contribution in [0.5, 0.6) is 0 Å². The highest BCUT2D eigenvalue weighted by molar-refractivity contribution is 9.10. The van der Waals surface area contributed by atoms with Crippen molar-refractivity contribution in [3.63, 3.8) is 0 Å². The molecule has 0 aliphatic carbocycles. The Kier molecular flexibility index (Phi) is 4.35. The van der Waals surface area contributed by atoms with Gasteiger partial charge < -0.3 is 11.1 Å². The molecule has 0 saturated heterocycles. The van der Waals surface area contributed by atoms with Crippen LogP contribution in [0.2, 0.25) is 0 Å². The van der Waals surface area contributed by atoms with E-state index in [1.165, 1.54) is 12.3 Å². The van der Waals surface area contributed by atoms with Crippen LogP contribution >= 0.6 is 15.9 Å². The molecule has 0 saturated carbocycles. The lowest BCUT2D eigenvalue weighted by Crippen LogP contribution is -2.28. The third-order valence-corrected chi connectivity index (χ3v) is 3.62. The molecule has 6 nitrogen and oxygen atoms in total. The van der Waals surface area contributed by atoms with Crippen molar-refractivity contribution in [2.75, 3.05) is 12.3 Å². The first-order chi connectivity index (χ1) is 9.56. The van der Waals surface area contributed by atoms with E-state index in [-0.39, 0.29) is 11.6 Å². The largest absolute Gasteiger partial charge is 0.384 e. The first-order valence-electron chi connectivity index (χ1n) is 6.13. The van der Waals surface area contributed by atoms with Crippen LogP contribution < -0.4 is 11.1 Å². The monoisotopic (exact) mass is 335 g/mol. The lowest BCUT2D eigenvalue weighted by Gasteiger charge is -2.10. The van der Waals surface area contributed by atoms with Crippen LogP contribution in [0.1, 0.15) is 29.6 Å². The molecule has 3 N–H and O–H groups in total. The highest BCUT2D eigenvalue weighted by atomic mass is 79.9. The number of nitrogen functional groups attached to an aromatic ring is 1. The predicted molar refractivity (Wildman–Crippen MR) is 79.0 cm³/mol. The summed E-state index contributed by atoms with van der Waals surface area (Å²) in [7, 11) is 0. The van der Waals surface area contributed by atoms with Gasteiger partial charge >= 0.3 is 0 Å². The van der Waals surface area contributed by atoms with Crippen LogP contribution in [-0.4, -0.2) is 23.1 Å². The van der Waals surface area contributed by atoms with Crippen molar-refractivity contribution in [3.8, 4) is 12.3 Å². The minimum absolute atomic E-state index is 0.210. The smallest absolute Gasteiger partial charge is 0.252 e. The minimum atomic E-state index is -0.381. The molecule has 1 aliphatic heterocycles. The molecule has 1 aromatic heterocycles. The molecule has 0 radical (unpaired) electrons. The van der Waals surface area contributed by atoms with Crippen molar-refractivity contribution in [1.82, 2.24) is 10.3 Å². The third kappa shape index (κ3) is 3.54. The van der Waals surface area contributed by atoms with E-state index in [1.54, 1.807) is 0 Å². The summed E-state index contributed by atoms with van der Waals surface area (Å²) in [5.74, 6) is 2.66. The van der Waals surface area contributed by atoms with Gasteiger partial charge in [0, 0.05) is 36.5 Å². The van der Waals surface area contributed by atoms with Crippen molar-refractivity contribution in [2.24, 2.45) is 10.2 Å². The van der Waals surface area contributed by atoms with E-state index in [9.17, 15) is 4.79 Å². The number of anilines is 1. The van der Waals surface area contributed by atoms with Gasteiger partial charge in [0.1, 0.15) is 5.82 Å². The Balaban J connectivity index is 1.84. The maximum absolute atomic E-state index is 12.0. The summed E-state index contributed by atoms with van der Waals surface area (Å²) in [5, 5.41) is 10.8. The average Bonchev–Trinajstić information content (AvgIpc) is 3.19. The van der Waals surface area contributed by atoms with Crippen molar-refractivity contribution in [2.45, 2.75) is 24.9 Å². The van der Waals surface area contributed by atoms with Gasteiger partial charge in [0.05, 0.1) is 5.56 Å². The summed E-state index contributed by atoms with van der Waals surface area (Å²) in [6, 6.07) is 1.53. The van der Waals surface area contributed by atoms with Gasteiger partial charge in [-0.1, -0.05) is 0 Å². The Morgan fingerprint density at radius 2 is 2.25 bits per heavy atom. The van der Waals surface area contributed by atoms with Crippen LogP contribution in [0.25, 0.3) is 0 Å². The molecule has 0 unspecified atom stereocenters. The fourth-order valence-electron chi connectivity index (χ4n) is 1.77. The van der Waals surface area contributed by atoms with Gasteiger partial charge in [-0.2, -0.15) is 10.2 Å². The number of aromatic nitrogens is 1. The summed E-state index contributed by atoms with van der Waals surface area (Å²) in [4.78, 5) is 15.9. The summed E-state index contributed by atoms with van der Waals surface area (Å²) in [6.07, 6.45) is 8.74. The zero-order chi connectivity index (χ0) is 14.6. The number of amides is 1. The van der Waals surface area contributed by atoms with Gasteiger partial charge in [-0.05, 0) is 22.0 Å². The second-order valence-electron chi connectivity index (χ2n) is 4.48. The summed E-state index contributed by atoms with van der Waals surface area (Å²) < 4.78 is 0.604. The van der Waals surface area contributed by atoms with Crippen molar-refractivity contribution in [3.05, 3.63) is 22.3 Å². The second-order valence-corrected chi connectivity index (χ2v) is 5.34. The summed E-state index contributed by atoms with van der Waals surface area (Å²) in [6.45, 7) is 0.477. The zero-order valence-corrected chi connectivity index (χ0v) is 12.4. The lowest BCUT2D eigenvalue weighted by atomic mass is 10.0. The number of hydrogen-bond acceptors (Lipinski definition) is 5. The maximum Gasteiger partial charge on any atom is 0.252 e. The summed E-state index contributed by atoms with van der Waals surface area (Å²) >= 11 is 3.27. The van der Waals surface area contributed by atoms with Crippen molar-refractivity contribution < 1.29 is 4.79 Å². The Hall–Kier alpha value is -1.94. The maximum atomic E-state index is 12.0. The Bertz CT molecular complexity index is 587. The lowest BCUT2D eigenvalue weighted by molar-refractivity contribution is 0.0951. The van der Waals surface area contributed by atoms with E-state index in [0.717, 1.165) is 6.42 Å². The fraction of sp³-hybridized carbons (Fsp3) is 0.385. The Labute approximate surface area is 125 Å². The van der Waals surface area contributed by atoms with Crippen LogP contribution in [0.3, 0.4) is 0 Å². The van der Waals surface area contributed by atoms with Gasteiger partial charge in [-0.15, -0.1) is 12.3 Å². The molecule has 0 aromatic carbocycles. The topological polar surface area (TPSA) is 92.7 Å². The van der Waals surface area contributed by atoms with E-state index < -0.39 is 0 Å². The summed E-state index contributed by atoms with van der Waals surface area (Å²) in [5.41, 5.74) is 5.64. The molecular weight excluding hydrogens is 322 g/mol. The number of hydrogen-bond donors (Lipinski definition) is 2. The van der Waals surface area contributed by atoms with Gasteiger partial charge in [0.15, 0.2) is 5.66 Å². The molecular formula is C13H14BrN5O. The first-order valence-corrected chi connectivity index (χ1v) is 6.92. The van der Waals surface area contributed by atoms with E-state index in [2.05, 4.69) is 42.4 Å². The molecule has 0 atom stereocenters. The molecule has 2 rings (SSSR count). The van der Waals surface area contributed by atoms with E-state index in [0.29, 0.717) is 35.2 Å². The molecule has 1 aliphatic rings. The molecule has 1 aromatic rings. The molecule has 0 spiro atoms. The molecule has 20 heavy (non-hydrogen) atoms. The number of nitrogens with one attached hydrogen (secondary N) is 1. The van der Waals surface area contributed by atoms with Gasteiger partial charge in [-0.25, -0.2) is 4.98 Å². The number of carbonyl (C=O) groups is 1. The third-order valence-electron chi connectivity index (χ3n) is 2.98. The van der Waals surface area contributed by atoms with Crippen LogP contribution in [-0.2, 0) is 0 Å². The number of terminal acetylenes is 1. The van der Waals surface area contributed by atoms with E-state index in [1.807, 2.05) is 0 Å². The molecule has 0 fully saturated rings. The van der Waals surface area contributed by atoms with Crippen molar-refractivity contribution >= 4 is 27.7 Å². The van der Waals surface area contributed by atoms with Crippen LogP contribution in [0, 0.1) is 12.3 Å². The number of carbonyl (C=O) groups excluding carboxylic acids is 1. The molecule has 0 bridgehead atoms. The molecule has 7 heteroatoms. The van der Waals surface area contributed by atoms with Gasteiger partial charge in [-0.3, -0.25) is 4.79 Å². The predicted octanol–water partition coefficient (Wildman–Crippen LogP) is 2.12. The number of halogens is 1. The van der Waals surface area contributed by atoms with Gasteiger partial charge in [0.25, 0.3) is 5.91 Å². The standard InChI is InChI=1S/C13H14BrN5O/c1-2-3-4-13(18-19-13)5-6-16-12(20)9-7-11(15)17-8-10(9)14/h1,7-8H,3-6H2,(H2,15,17)(H,16,20). The highest BCUT2D eigenvalue weighted by Crippen LogP contribution is 2.36. The SMILES string of the molecule is C#CCCC1(CCNC(=O)c2cc(N)ncc2Br)N=N1. The molecule has 1 amide bonds. The number of pyridine rings is 1. The quantitative estimate of drug-likeness (QED) is 0.779. The minimum Gasteiger partial charge on any atom is -0.384 e. The zero-order valence-electron chi connectivity index (χ0n) is 10.8. The fourth-order valence-corrected chi connectivity index (χ4v) is 2.17. The number of nitrogens with zero attached hydrogens (tertiary/aromatic N) is 3. The molecule has 104 valence electrons. The van der Waals surface area contributed by atoms with Crippen molar-refractivity contribution in [1.29, 1.82) is 0 Å². The first kappa shape index (κ1) is 14.5. The number of rotatable bonds is 6. The average molecular weight is 336 g/mol. The Morgan fingerprint density at radius 1 is 1.50 bits per heavy atom. The number of nitrogens with two attached hydrogens (primary N) is 1. The van der Waals surface area contributed by atoms with Crippen LogP contribution in [0.15, 0.2) is 27.0 Å². The van der Waals surface area contributed by atoms with E-state index >= 15 is 0 Å². The normalized spacial score (nSPS) is 14.6. The van der Waals surface area contributed by atoms with Crippen LogP contribution in [0.4, 0.5) is 5.82 Å². The van der Waals surface area contributed by atoms with Gasteiger partial charge in [0.2, 0.25) is 0 Å². The van der Waals surface area contributed by atoms with E-state index in [4.69, 9.17) is 12.2 Å². The molecule has 2 heterocycles. The second kappa shape index (κ2) is 6.01.